The van der Waals surface area contributed by atoms with Crippen molar-refractivity contribution in [1.82, 2.24) is 10.1 Å². The Morgan fingerprint density at radius 2 is 2.10 bits per heavy atom. The van der Waals surface area contributed by atoms with Crippen molar-refractivity contribution in [2.24, 2.45) is 5.73 Å². The summed E-state index contributed by atoms with van der Waals surface area (Å²) in [6.45, 7) is 4.12. The molecule has 0 saturated heterocycles. The Kier molecular flexibility index (Phi) is 5.79. The number of nitrogens with zero attached hydrogens (tertiary/aromatic N) is 2. The largest absolute Gasteiger partial charge is 0.339 e. The topological polar surface area (TPSA) is 64.9 Å². The lowest BCUT2D eigenvalue weighted by atomic mass is 10.0. The quantitative estimate of drug-likeness (QED) is 0.793. The maximum absolute atomic E-state index is 5.99. The molecule has 0 amide bonds. The lowest BCUT2D eigenvalue weighted by Gasteiger charge is -2.07. The Hall–Kier alpha value is -0.910. The highest BCUT2D eigenvalue weighted by Crippen LogP contribution is 2.29. The fourth-order valence-electron chi connectivity index (χ4n) is 2.06. The van der Waals surface area contributed by atoms with E-state index in [2.05, 4.69) is 33.0 Å². The molecule has 0 bridgehead atoms. The molecule has 0 aliphatic carbocycles. The Morgan fingerprint density at radius 1 is 1.33 bits per heavy atom. The number of nitrogens with two attached hydrogens (primary N) is 1. The molecular weight excluding hydrogens is 354 g/mol. The van der Waals surface area contributed by atoms with Crippen LogP contribution in [0.2, 0.25) is 5.02 Å². The molecule has 2 N–H and O–H groups in total. The van der Waals surface area contributed by atoms with Crippen molar-refractivity contribution in [3.05, 3.63) is 33.6 Å². The second-order valence-corrected chi connectivity index (χ2v) is 6.66. The standard InChI is InChI=1S/C15H19BrClN3O/c1-9(4-3-5-10(2)18)15-19-14(20-21-15)11-6-7-13(17)12(16)8-11/h6-10H,3-5,18H2,1-2H3. The third-order valence-corrected chi connectivity index (χ3v) is 4.55. The predicted molar refractivity (Wildman–Crippen MR) is 88.4 cm³/mol. The molecule has 21 heavy (non-hydrogen) atoms. The summed E-state index contributed by atoms with van der Waals surface area (Å²) in [4.78, 5) is 4.48. The number of benzene rings is 1. The fraction of sp³-hybridized carbons (Fsp3) is 0.467. The van der Waals surface area contributed by atoms with E-state index in [0.29, 0.717) is 16.7 Å². The average molecular weight is 373 g/mol. The van der Waals surface area contributed by atoms with Crippen molar-refractivity contribution < 1.29 is 4.52 Å². The molecular formula is C15H19BrClN3O. The van der Waals surface area contributed by atoms with Gasteiger partial charge in [0, 0.05) is 22.0 Å². The number of rotatable bonds is 6. The van der Waals surface area contributed by atoms with Gasteiger partial charge in [-0.1, -0.05) is 30.1 Å². The molecule has 6 heteroatoms. The van der Waals surface area contributed by atoms with E-state index in [1.165, 1.54) is 0 Å². The highest BCUT2D eigenvalue weighted by molar-refractivity contribution is 9.10. The third kappa shape index (κ3) is 4.53. The molecule has 2 atom stereocenters. The van der Waals surface area contributed by atoms with Crippen molar-refractivity contribution in [2.45, 2.75) is 45.1 Å². The first-order valence-electron chi connectivity index (χ1n) is 7.02. The minimum absolute atomic E-state index is 0.237. The summed E-state index contributed by atoms with van der Waals surface area (Å²) in [6, 6.07) is 5.81. The molecule has 2 aromatic rings. The zero-order chi connectivity index (χ0) is 15.4. The Labute approximate surface area is 138 Å². The van der Waals surface area contributed by atoms with Gasteiger partial charge in [-0.3, -0.25) is 0 Å². The van der Waals surface area contributed by atoms with Crippen molar-refractivity contribution in [1.29, 1.82) is 0 Å². The van der Waals surface area contributed by atoms with Crippen LogP contribution in [0, 0.1) is 0 Å². The first kappa shape index (κ1) is 16.5. The van der Waals surface area contributed by atoms with Crippen LogP contribution in [0.1, 0.15) is 44.9 Å². The molecule has 1 aromatic heterocycles. The van der Waals surface area contributed by atoms with Crippen molar-refractivity contribution >= 4 is 27.5 Å². The smallest absolute Gasteiger partial charge is 0.229 e. The van der Waals surface area contributed by atoms with E-state index in [0.717, 1.165) is 29.3 Å². The monoisotopic (exact) mass is 371 g/mol. The third-order valence-electron chi connectivity index (χ3n) is 3.34. The van der Waals surface area contributed by atoms with Gasteiger partial charge >= 0.3 is 0 Å². The van der Waals surface area contributed by atoms with E-state index in [-0.39, 0.29) is 12.0 Å². The molecule has 0 aliphatic heterocycles. The molecule has 0 aliphatic rings. The Morgan fingerprint density at radius 3 is 2.76 bits per heavy atom. The predicted octanol–water partition coefficient (Wildman–Crippen LogP) is 4.77. The van der Waals surface area contributed by atoms with Crippen LogP contribution in [-0.4, -0.2) is 16.2 Å². The van der Waals surface area contributed by atoms with E-state index >= 15 is 0 Å². The number of hydrogen-bond donors (Lipinski definition) is 1. The van der Waals surface area contributed by atoms with Gasteiger partial charge in [0.15, 0.2) is 0 Å². The number of halogens is 2. The second-order valence-electron chi connectivity index (χ2n) is 5.39. The molecule has 2 rings (SSSR count). The summed E-state index contributed by atoms with van der Waals surface area (Å²) < 4.78 is 6.19. The van der Waals surface area contributed by atoms with Gasteiger partial charge < -0.3 is 10.3 Å². The molecule has 0 radical (unpaired) electrons. The van der Waals surface area contributed by atoms with Gasteiger partial charge in [-0.05, 0) is 53.9 Å². The van der Waals surface area contributed by atoms with Gasteiger partial charge in [0.25, 0.3) is 0 Å². The van der Waals surface area contributed by atoms with E-state index in [1.807, 2.05) is 25.1 Å². The zero-order valence-corrected chi connectivity index (χ0v) is 14.5. The first-order valence-corrected chi connectivity index (χ1v) is 8.19. The molecule has 114 valence electrons. The van der Waals surface area contributed by atoms with Gasteiger partial charge in [-0.2, -0.15) is 4.98 Å². The van der Waals surface area contributed by atoms with Crippen LogP contribution in [0.25, 0.3) is 11.4 Å². The van der Waals surface area contributed by atoms with Crippen LogP contribution in [0.4, 0.5) is 0 Å². The summed E-state index contributed by atoms with van der Waals surface area (Å²) in [5.74, 6) is 1.49. The van der Waals surface area contributed by atoms with Gasteiger partial charge in [0.1, 0.15) is 0 Å². The van der Waals surface area contributed by atoms with E-state index < -0.39 is 0 Å². The maximum atomic E-state index is 5.99. The van der Waals surface area contributed by atoms with Crippen LogP contribution < -0.4 is 5.73 Å². The molecule has 0 spiro atoms. The summed E-state index contributed by atoms with van der Waals surface area (Å²) in [5.41, 5.74) is 6.64. The lowest BCUT2D eigenvalue weighted by molar-refractivity contribution is 0.350. The molecule has 2 unspecified atom stereocenters. The highest BCUT2D eigenvalue weighted by atomic mass is 79.9. The van der Waals surface area contributed by atoms with E-state index in [4.69, 9.17) is 21.9 Å². The van der Waals surface area contributed by atoms with Crippen molar-refractivity contribution in [3.63, 3.8) is 0 Å². The van der Waals surface area contributed by atoms with E-state index in [1.54, 1.807) is 0 Å². The zero-order valence-electron chi connectivity index (χ0n) is 12.1. The summed E-state index contributed by atoms with van der Waals surface area (Å²) in [5, 5.41) is 4.71. The number of hydrogen-bond acceptors (Lipinski definition) is 4. The molecule has 4 nitrogen and oxygen atoms in total. The van der Waals surface area contributed by atoms with Gasteiger partial charge in [-0.25, -0.2) is 0 Å². The second kappa shape index (κ2) is 7.38. The SMILES string of the molecule is CC(N)CCCC(C)c1nc(-c2ccc(Cl)c(Br)c2)no1. The minimum Gasteiger partial charge on any atom is -0.339 e. The van der Waals surface area contributed by atoms with Crippen LogP contribution >= 0.6 is 27.5 Å². The molecule has 0 saturated carbocycles. The van der Waals surface area contributed by atoms with Crippen LogP contribution in [0.3, 0.4) is 0 Å². The van der Waals surface area contributed by atoms with Crippen molar-refractivity contribution in [2.75, 3.05) is 0 Å². The normalized spacial score (nSPS) is 14.1. The minimum atomic E-state index is 0.237. The summed E-state index contributed by atoms with van der Waals surface area (Å²) >= 11 is 9.38. The Balaban J connectivity index is 2.05. The average Bonchev–Trinajstić information content (AvgIpc) is 2.91. The van der Waals surface area contributed by atoms with Crippen LogP contribution in [0.15, 0.2) is 27.2 Å². The van der Waals surface area contributed by atoms with Gasteiger partial charge in [0.05, 0.1) is 5.02 Å². The van der Waals surface area contributed by atoms with Crippen molar-refractivity contribution in [3.8, 4) is 11.4 Å². The van der Waals surface area contributed by atoms with Gasteiger partial charge in [0.2, 0.25) is 11.7 Å². The Bertz CT molecular complexity index is 600. The molecule has 1 aromatic carbocycles. The lowest BCUT2D eigenvalue weighted by Crippen LogP contribution is -2.14. The fourth-order valence-corrected chi connectivity index (χ4v) is 2.55. The summed E-state index contributed by atoms with van der Waals surface area (Å²) in [7, 11) is 0. The first-order chi connectivity index (χ1) is 9.97. The van der Waals surface area contributed by atoms with Crippen LogP contribution in [-0.2, 0) is 0 Å². The molecule has 1 heterocycles. The maximum Gasteiger partial charge on any atom is 0.229 e. The van der Waals surface area contributed by atoms with E-state index in [9.17, 15) is 0 Å². The highest BCUT2D eigenvalue weighted by Gasteiger charge is 2.15. The van der Waals surface area contributed by atoms with Crippen LogP contribution in [0.5, 0.6) is 0 Å². The summed E-state index contributed by atoms with van der Waals surface area (Å²) in [6.07, 6.45) is 3.06. The van der Waals surface area contributed by atoms with Gasteiger partial charge in [-0.15, -0.1) is 0 Å². The molecule has 0 fully saturated rings. The number of aromatic nitrogens is 2.